The highest BCUT2D eigenvalue weighted by atomic mass is 19.3. The Morgan fingerprint density at radius 2 is 1.94 bits per heavy atom. The minimum absolute atomic E-state index is 0.0980. The first-order chi connectivity index (χ1) is 16.1. The van der Waals surface area contributed by atoms with Gasteiger partial charge in [0.2, 0.25) is 0 Å². The molecule has 0 radical (unpaired) electrons. The third-order valence-corrected chi connectivity index (χ3v) is 7.20. The molecule has 2 unspecified atom stereocenters. The smallest absolute Gasteiger partial charge is 0.387 e. The van der Waals surface area contributed by atoms with E-state index in [4.69, 9.17) is 15.6 Å². The molecule has 1 saturated heterocycles. The Kier molecular flexibility index (Phi) is 5.96. The van der Waals surface area contributed by atoms with Crippen LogP contribution in [0, 0.1) is 11.8 Å². The van der Waals surface area contributed by atoms with Crippen molar-refractivity contribution in [2.75, 3.05) is 32.0 Å². The number of alkyl halides is 4. The zero-order valence-electron chi connectivity index (χ0n) is 19.1. The summed E-state index contributed by atoms with van der Waals surface area (Å²) < 4.78 is 65.0. The third kappa shape index (κ3) is 4.47. The zero-order valence-corrected chi connectivity index (χ0v) is 19.1. The van der Waals surface area contributed by atoms with Gasteiger partial charge in [-0.05, 0) is 50.7 Å². The zero-order chi connectivity index (χ0) is 24.2. The molecule has 186 valence electrons. The summed E-state index contributed by atoms with van der Waals surface area (Å²) in [6.07, 6.45) is 3.25. The maximum Gasteiger partial charge on any atom is 0.387 e. The maximum atomic E-state index is 14.0. The average Bonchev–Trinajstić information content (AvgIpc) is 3.09. The molecule has 0 bridgehead atoms. The van der Waals surface area contributed by atoms with Crippen LogP contribution in [0.25, 0.3) is 11.3 Å². The van der Waals surface area contributed by atoms with Crippen LogP contribution in [0.4, 0.5) is 23.4 Å². The van der Waals surface area contributed by atoms with Crippen molar-refractivity contribution < 1.29 is 27.0 Å². The van der Waals surface area contributed by atoms with Gasteiger partial charge in [0.1, 0.15) is 6.61 Å². The van der Waals surface area contributed by atoms with Crippen LogP contribution in [0.3, 0.4) is 0 Å². The van der Waals surface area contributed by atoms with E-state index in [1.165, 1.54) is 12.3 Å². The molecule has 0 amide bonds. The van der Waals surface area contributed by atoms with E-state index in [0.717, 1.165) is 18.5 Å². The number of nitrogens with zero attached hydrogens (tertiary/aromatic N) is 4. The molecular weight excluding hydrogens is 454 g/mol. The first-order valence-corrected chi connectivity index (χ1v) is 11.6. The highest BCUT2D eigenvalue weighted by molar-refractivity contribution is 5.64. The summed E-state index contributed by atoms with van der Waals surface area (Å²) in [5.41, 5.74) is 7.90. The number of hydrogen-bond acceptors (Lipinski definition) is 6. The summed E-state index contributed by atoms with van der Waals surface area (Å²) >= 11 is 0. The Balaban J connectivity index is 1.34. The van der Waals surface area contributed by atoms with E-state index in [0.29, 0.717) is 42.2 Å². The minimum Gasteiger partial charge on any atom is -0.431 e. The second-order valence-electron chi connectivity index (χ2n) is 9.84. The van der Waals surface area contributed by atoms with Gasteiger partial charge in [0.25, 0.3) is 5.92 Å². The van der Waals surface area contributed by atoms with E-state index in [9.17, 15) is 17.6 Å². The van der Waals surface area contributed by atoms with Crippen LogP contribution >= 0.6 is 0 Å². The highest BCUT2D eigenvalue weighted by Crippen LogP contribution is 2.64. The molecular formula is C23H29F4N5O2. The number of halogens is 4. The number of anilines is 1. The van der Waals surface area contributed by atoms with Crippen molar-refractivity contribution in [3.05, 3.63) is 24.0 Å². The van der Waals surface area contributed by atoms with Gasteiger partial charge < -0.3 is 15.2 Å². The number of nitrogens with two attached hydrogens (primary N) is 1. The number of nitrogen functional groups attached to an aromatic ring is 1. The number of rotatable bonds is 6. The van der Waals surface area contributed by atoms with Crippen molar-refractivity contribution in [1.29, 1.82) is 0 Å². The normalized spacial score (nSPS) is 28.8. The molecule has 2 saturated carbocycles. The SMILES string of the molecule is CC(C)n1nc(-c2cnc(N)c(OC(F)F)c2)cc1C1[C@H]2CC(N3CCOCC(F)(F)C3)C[C@@H]12. The van der Waals surface area contributed by atoms with Crippen molar-refractivity contribution in [2.24, 2.45) is 11.8 Å². The molecule has 0 aromatic carbocycles. The second kappa shape index (κ2) is 8.67. The molecule has 7 nitrogen and oxygen atoms in total. The Labute approximate surface area is 195 Å². The van der Waals surface area contributed by atoms with Crippen molar-refractivity contribution >= 4 is 5.82 Å². The van der Waals surface area contributed by atoms with Crippen LogP contribution in [0.1, 0.15) is 44.3 Å². The van der Waals surface area contributed by atoms with Gasteiger partial charge in [-0.2, -0.15) is 13.9 Å². The molecule has 3 heterocycles. The number of fused-ring (bicyclic) bond motifs is 1. The fourth-order valence-corrected chi connectivity index (χ4v) is 5.68. The summed E-state index contributed by atoms with van der Waals surface area (Å²) in [6, 6.07) is 3.65. The monoisotopic (exact) mass is 483 g/mol. The molecule has 11 heteroatoms. The molecule has 3 fully saturated rings. The van der Waals surface area contributed by atoms with Crippen LogP contribution in [0.2, 0.25) is 0 Å². The third-order valence-electron chi connectivity index (χ3n) is 7.20. The number of ether oxygens (including phenoxy) is 2. The van der Waals surface area contributed by atoms with E-state index in [2.05, 4.69) is 9.72 Å². The predicted molar refractivity (Wildman–Crippen MR) is 117 cm³/mol. The van der Waals surface area contributed by atoms with Crippen molar-refractivity contribution in [3.8, 4) is 17.0 Å². The fourth-order valence-electron chi connectivity index (χ4n) is 5.68. The fraction of sp³-hybridized carbons (Fsp3) is 0.652. The molecule has 3 aliphatic rings. The Morgan fingerprint density at radius 3 is 2.62 bits per heavy atom. The van der Waals surface area contributed by atoms with Gasteiger partial charge in [0.15, 0.2) is 11.6 Å². The average molecular weight is 484 g/mol. The largest absolute Gasteiger partial charge is 0.431 e. The Morgan fingerprint density at radius 1 is 1.21 bits per heavy atom. The van der Waals surface area contributed by atoms with Crippen molar-refractivity contribution in [3.63, 3.8) is 0 Å². The number of pyridine rings is 1. The van der Waals surface area contributed by atoms with Gasteiger partial charge in [-0.15, -0.1) is 0 Å². The van der Waals surface area contributed by atoms with E-state index in [1.54, 1.807) is 0 Å². The lowest BCUT2D eigenvalue weighted by Crippen LogP contribution is -2.43. The van der Waals surface area contributed by atoms with Gasteiger partial charge in [-0.1, -0.05) is 0 Å². The molecule has 5 rings (SSSR count). The Hall–Kier alpha value is -2.40. The van der Waals surface area contributed by atoms with Gasteiger partial charge in [0.05, 0.1) is 18.8 Å². The van der Waals surface area contributed by atoms with Gasteiger partial charge in [-0.25, -0.2) is 13.8 Å². The molecule has 0 spiro atoms. The summed E-state index contributed by atoms with van der Waals surface area (Å²) in [5, 5.41) is 4.73. The van der Waals surface area contributed by atoms with E-state index in [-0.39, 0.29) is 30.2 Å². The van der Waals surface area contributed by atoms with Crippen LogP contribution < -0.4 is 10.5 Å². The topological polar surface area (TPSA) is 78.4 Å². The van der Waals surface area contributed by atoms with E-state index >= 15 is 0 Å². The Bertz CT molecular complexity index is 1030. The standard InChI is InChI=1S/C23H29F4N5O2/c1-12(2)32-18(8-17(30-32)13-5-19(34-22(24)25)21(28)29-9-13)20-15-6-14(7-16(15)20)31-3-4-33-11-23(26,27)10-31/h5,8-9,12,14-16,20,22H,3-4,6-7,10-11H2,1-2H3,(H2,28,29)/t14?,15-,16+,20?. The molecule has 1 aliphatic heterocycles. The highest BCUT2D eigenvalue weighted by Gasteiger charge is 2.59. The van der Waals surface area contributed by atoms with Crippen LogP contribution in [-0.4, -0.2) is 64.5 Å². The van der Waals surface area contributed by atoms with E-state index in [1.807, 2.05) is 29.5 Å². The molecule has 2 aromatic rings. The number of aromatic nitrogens is 3. The minimum atomic E-state index is -3.00. The van der Waals surface area contributed by atoms with Crippen LogP contribution in [-0.2, 0) is 4.74 Å². The predicted octanol–water partition coefficient (Wildman–Crippen LogP) is 4.17. The quantitative estimate of drug-likeness (QED) is 0.622. The lowest BCUT2D eigenvalue weighted by atomic mass is 10.0. The number of hydrogen-bond donors (Lipinski definition) is 1. The van der Waals surface area contributed by atoms with Crippen molar-refractivity contribution in [1.82, 2.24) is 19.7 Å². The lowest BCUT2D eigenvalue weighted by Gasteiger charge is -2.30. The summed E-state index contributed by atoms with van der Waals surface area (Å²) in [6.45, 7) is 1.18. The lowest BCUT2D eigenvalue weighted by molar-refractivity contribution is -0.0719. The molecule has 2 aliphatic carbocycles. The molecule has 4 atom stereocenters. The van der Waals surface area contributed by atoms with Crippen LogP contribution in [0.15, 0.2) is 18.3 Å². The van der Waals surface area contributed by atoms with Gasteiger partial charge in [0, 0.05) is 42.0 Å². The summed E-state index contributed by atoms with van der Waals surface area (Å²) in [4.78, 5) is 5.88. The molecule has 34 heavy (non-hydrogen) atoms. The molecule has 2 aromatic heterocycles. The second-order valence-corrected chi connectivity index (χ2v) is 9.84. The summed E-state index contributed by atoms with van der Waals surface area (Å²) in [5.74, 6) is -1.95. The first kappa shape index (κ1) is 23.3. The van der Waals surface area contributed by atoms with Crippen molar-refractivity contribution in [2.45, 2.75) is 57.2 Å². The van der Waals surface area contributed by atoms with Crippen LogP contribution in [0.5, 0.6) is 5.75 Å². The van der Waals surface area contributed by atoms with Gasteiger partial charge >= 0.3 is 6.61 Å². The summed E-state index contributed by atoms with van der Waals surface area (Å²) in [7, 11) is 0. The maximum absolute atomic E-state index is 14.0. The van der Waals surface area contributed by atoms with Gasteiger partial charge in [-0.3, -0.25) is 9.58 Å². The first-order valence-electron chi connectivity index (χ1n) is 11.6. The molecule has 2 N–H and O–H groups in total. The van der Waals surface area contributed by atoms with E-state index < -0.39 is 19.1 Å².